The predicted molar refractivity (Wildman–Crippen MR) is 65.6 cm³/mol. The summed E-state index contributed by atoms with van der Waals surface area (Å²) in [5.41, 5.74) is 0.773. The van der Waals surface area contributed by atoms with E-state index in [4.69, 9.17) is 0 Å². The molecule has 0 aromatic heterocycles. The molecule has 1 atom stereocenters. The predicted octanol–water partition coefficient (Wildman–Crippen LogP) is 4.03. The summed E-state index contributed by atoms with van der Waals surface area (Å²) >= 11 is 0.630. The van der Waals surface area contributed by atoms with E-state index in [1.54, 1.807) is 4.47 Å². The Morgan fingerprint density at radius 3 is 2.07 bits per heavy atom. The van der Waals surface area contributed by atoms with Crippen molar-refractivity contribution in [3.05, 3.63) is 22.7 Å². The van der Waals surface area contributed by atoms with Crippen LogP contribution in [0, 0.1) is 10.8 Å². The molecule has 1 aliphatic heterocycles. The fraction of sp³-hybridized carbons (Fsp3) is 0.692. The van der Waals surface area contributed by atoms with Crippen LogP contribution in [0.5, 0.6) is 0 Å². The molecule has 1 rings (SSSR count). The molecule has 0 saturated carbocycles. The van der Waals surface area contributed by atoms with Gasteiger partial charge in [0.15, 0.2) is 0 Å². The topological polar surface area (TPSA) is 0 Å². The fourth-order valence-corrected chi connectivity index (χ4v) is 4.09. The zero-order chi connectivity index (χ0) is 11.0. The summed E-state index contributed by atoms with van der Waals surface area (Å²) < 4.78 is 1.65. The van der Waals surface area contributed by atoms with Crippen molar-refractivity contribution >= 4 is 15.0 Å². The second-order valence-electron chi connectivity index (χ2n) is 6.07. The van der Waals surface area contributed by atoms with Crippen molar-refractivity contribution in [1.82, 2.24) is 0 Å². The Hall–Kier alpha value is -0.000519. The molecule has 1 heterocycles. The monoisotopic (exact) mass is 258 g/mol. The first-order valence-corrected chi connectivity index (χ1v) is 7.11. The number of hydrogen-bond acceptors (Lipinski definition) is 0. The van der Waals surface area contributed by atoms with Gasteiger partial charge in [0, 0.05) is 0 Å². The Labute approximate surface area is 95.0 Å². The van der Waals surface area contributed by atoms with Gasteiger partial charge in [-0.1, -0.05) is 0 Å². The third-order valence-electron chi connectivity index (χ3n) is 2.38. The molecule has 0 amide bonds. The van der Waals surface area contributed by atoms with Gasteiger partial charge in [0.05, 0.1) is 0 Å². The number of rotatable bonds is 0. The first-order valence-electron chi connectivity index (χ1n) is 5.27. The Morgan fingerprint density at radius 2 is 1.64 bits per heavy atom. The molecule has 14 heavy (non-hydrogen) atoms. The summed E-state index contributed by atoms with van der Waals surface area (Å²) in [7, 11) is 0. The van der Waals surface area contributed by atoms with Gasteiger partial charge in [0.1, 0.15) is 0 Å². The van der Waals surface area contributed by atoms with E-state index >= 15 is 0 Å². The summed E-state index contributed by atoms with van der Waals surface area (Å²) in [6.45, 7) is 14.0. The summed E-state index contributed by atoms with van der Waals surface area (Å²) in [5.74, 6) is 0. The number of hydrogen-bond donors (Lipinski definition) is 0. The molecule has 0 aromatic carbocycles. The van der Waals surface area contributed by atoms with Crippen LogP contribution in [0.3, 0.4) is 0 Å². The molecule has 0 fully saturated rings. The molecule has 0 bridgehead atoms. The standard InChI is InChI=1S/C13H22Se/c1-12(2,3)10-8-7-9-11(14-10)13(4,5)6/h7-10H,1-6H3. The van der Waals surface area contributed by atoms with Crippen molar-refractivity contribution in [2.75, 3.05) is 0 Å². The van der Waals surface area contributed by atoms with Crippen LogP contribution in [0.1, 0.15) is 41.5 Å². The normalized spacial score (nSPS) is 23.6. The van der Waals surface area contributed by atoms with Gasteiger partial charge in [0.2, 0.25) is 0 Å². The Balaban J connectivity index is 2.80. The molecular formula is C13H22Se. The van der Waals surface area contributed by atoms with E-state index in [0.717, 1.165) is 4.82 Å². The van der Waals surface area contributed by atoms with Crippen LogP contribution in [0.15, 0.2) is 22.7 Å². The molecule has 1 aliphatic rings. The third-order valence-corrected chi connectivity index (χ3v) is 6.83. The second-order valence-corrected chi connectivity index (χ2v) is 8.55. The van der Waals surface area contributed by atoms with Crippen molar-refractivity contribution < 1.29 is 0 Å². The van der Waals surface area contributed by atoms with E-state index in [-0.39, 0.29) is 0 Å². The van der Waals surface area contributed by atoms with Crippen LogP contribution in [0.2, 0.25) is 4.82 Å². The SMILES string of the molecule is CC(C)(C)C1=CC=CC(C(C)(C)C)[Se]1. The molecule has 1 unspecified atom stereocenters. The molecule has 80 valence electrons. The van der Waals surface area contributed by atoms with Gasteiger partial charge in [0.25, 0.3) is 0 Å². The first kappa shape index (κ1) is 12.1. The van der Waals surface area contributed by atoms with Crippen molar-refractivity contribution in [3.8, 4) is 0 Å². The summed E-state index contributed by atoms with van der Waals surface area (Å²) in [6, 6.07) is 0. The number of allylic oxidation sites excluding steroid dienone is 4. The molecule has 0 aromatic rings. The summed E-state index contributed by atoms with van der Waals surface area (Å²) in [5, 5.41) is 0. The molecule has 0 spiro atoms. The third kappa shape index (κ3) is 3.00. The van der Waals surface area contributed by atoms with Crippen molar-refractivity contribution in [2.24, 2.45) is 10.8 Å². The average molecular weight is 257 g/mol. The average Bonchev–Trinajstić information content (AvgIpc) is 2.01. The van der Waals surface area contributed by atoms with E-state index < -0.39 is 0 Å². The van der Waals surface area contributed by atoms with Gasteiger partial charge in [-0.05, 0) is 0 Å². The zero-order valence-corrected chi connectivity index (χ0v) is 11.9. The van der Waals surface area contributed by atoms with Crippen molar-refractivity contribution in [1.29, 1.82) is 0 Å². The van der Waals surface area contributed by atoms with Gasteiger partial charge in [-0.15, -0.1) is 0 Å². The van der Waals surface area contributed by atoms with E-state index in [1.807, 2.05) is 0 Å². The van der Waals surface area contributed by atoms with Gasteiger partial charge in [-0.3, -0.25) is 0 Å². The Morgan fingerprint density at radius 1 is 1.07 bits per heavy atom. The molecule has 1 heteroatoms. The van der Waals surface area contributed by atoms with Gasteiger partial charge in [-0.25, -0.2) is 0 Å². The molecule has 0 aliphatic carbocycles. The maximum absolute atomic E-state index is 2.38. The zero-order valence-electron chi connectivity index (χ0n) is 10.2. The van der Waals surface area contributed by atoms with Crippen LogP contribution < -0.4 is 0 Å². The second kappa shape index (κ2) is 3.87. The molecule has 0 radical (unpaired) electrons. The maximum atomic E-state index is 2.38. The molecular weight excluding hydrogens is 235 g/mol. The molecule has 0 nitrogen and oxygen atoms in total. The van der Waals surface area contributed by atoms with Gasteiger partial charge >= 0.3 is 94.8 Å². The summed E-state index contributed by atoms with van der Waals surface area (Å²) in [6.07, 6.45) is 6.96. The van der Waals surface area contributed by atoms with Gasteiger partial charge < -0.3 is 0 Å². The van der Waals surface area contributed by atoms with E-state index in [2.05, 4.69) is 59.8 Å². The van der Waals surface area contributed by atoms with Crippen molar-refractivity contribution in [2.45, 2.75) is 46.4 Å². The molecule has 0 saturated heterocycles. The van der Waals surface area contributed by atoms with E-state index in [1.165, 1.54) is 0 Å². The minimum absolute atomic E-state index is 0.355. The van der Waals surface area contributed by atoms with Crippen LogP contribution in [0.4, 0.5) is 0 Å². The van der Waals surface area contributed by atoms with Crippen LogP contribution >= 0.6 is 0 Å². The Kier molecular flexibility index (Phi) is 3.33. The van der Waals surface area contributed by atoms with E-state index in [9.17, 15) is 0 Å². The first-order chi connectivity index (χ1) is 6.21. The quantitative estimate of drug-likeness (QED) is 0.575. The van der Waals surface area contributed by atoms with Crippen LogP contribution in [0.25, 0.3) is 0 Å². The fourth-order valence-electron chi connectivity index (χ4n) is 1.35. The van der Waals surface area contributed by atoms with Gasteiger partial charge in [-0.2, -0.15) is 0 Å². The van der Waals surface area contributed by atoms with E-state index in [0.29, 0.717) is 25.8 Å². The molecule has 0 N–H and O–H groups in total. The van der Waals surface area contributed by atoms with Crippen molar-refractivity contribution in [3.63, 3.8) is 0 Å². The minimum atomic E-state index is 0.355. The summed E-state index contributed by atoms with van der Waals surface area (Å²) in [4.78, 5) is 0.759. The van der Waals surface area contributed by atoms with Crippen LogP contribution in [-0.2, 0) is 0 Å². The van der Waals surface area contributed by atoms with Crippen LogP contribution in [-0.4, -0.2) is 15.0 Å². The Bertz CT molecular complexity index is 258.